The van der Waals surface area contributed by atoms with Crippen molar-refractivity contribution in [2.75, 3.05) is 0 Å². The molecule has 1 aromatic carbocycles. The van der Waals surface area contributed by atoms with Crippen LogP contribution >= 0.6 is 0 Å². The molecule has 0 aliphatic carbocycles. The highest BCUT2D eigenvalue weighted by atomic mass is 16.5. The van der Waals surface area contributed by atoms with Gasteiger partial charge in [-0.05, 0) is 18.2 Å². The Morgan fingerprint density at radius 2 is 1.90 bits per heavy atom. The summed E-state index contributed by atoms with van der Waals surface area (Å²) in [4.78, 5) is 19.2. The molecule has 0 fully saturated rings. The van der Waals surface area contributed by atoms with E-state index in [4.69, 9.17) is 10.5 Å². The Bertz CT molecular complexity index is 819. The lowest BCUT2D eigenvalue weighted by Gasteiger charge is -2.10. The molecule has 0 saturated carbocycles. The Morgan fingerprint density at radius 3 is 2.57 bits per heavy atom. The summed E-state index contributed by atoms with van der Waals surface area (Å²) < 4.78 is 5.62. The predicted molar refractivity (Wildman–Crippen MR) is 75.1 cm³/mol. The van der Waals surface area contributed by atoms with E-state index in [1.165, 1.54) is 6.20 Å². The van der Waals surface area contributed by atoms with Gasteiger partial charge in [-0.15, -0.1) is 0 Å². The maximum Gasteiger partial charge on any atom is 0.292 e. The number of nitrogens with zero attached hydrogens (tertiary/aromatic N) is 2. The van der Waals surface area contributed by atoms with Gasteiger partial charge in [-0.1, -0.05) is 18.2 Å². The quantitative estimate of drug-likeness (QED) is 0.795. The van der Waals surface area contributed by atoms with E-state index in [1.54, 1.807) is 42.6 Å². The molecule has 103 valence electrons. The van der Waals surface area contributed by atoms with E-state index >= 15 is 0 Å². The van der Waals surface area contributed by atoms with Gasteiger partial charge in [0.2, 0.25) is 5.88 Å². The summed E-state index contributed by atoms with van der Waals surface area (Å²) >= 11 is 0. The van der Waals surface area contributed by atoms with Crippen molar-refractivity contribution < 1.29 is 14.6 Å². The predicted octanol–water partition coefficient (Wildman–Crippen LogP) is 2.55. The Balaban J connectivity index is 2.21. The number of carbonyl (C=O) groups is 1. The first kappa shape index (κ1) is 12.9. The lowest BCUT2D eigenvalue weighted by molar-refractivity contribution is 0.0984. The first-order valence-electron chi connectivity index (χ1n) is 6.12. The van der Waals surface area contributed by atoms with Crippen LogP contribution in [0.25, 0.3) is 10.8 Å². The van der Waals surface area contributed by atoms with Gasteiger partial charge >= 0.3 is 0 Å². The molecule has 6 nitrogen and oxygen atoms in total. The van der Waals surface area contributed by atoms with Crippen molar-refractivity contribution in [1.29, 1.82) is 0 Å². The molecule has 6 heteroatoms. The summed E-state index contributed by atoms with van der Waals surface area (Å²) in [6.45, 7) is 0. The van der Waals surface area contributed by atoms with Gasteiger partial charge in [-0.3, -0.25) is 15.5 Å². The van der Waals surface area contributed by atoms with Crippen molar-refractivity contribution in [3.05, 3.63) is 54.5 Å². The Hall–Kier alpha value is -3.15. The number of fused-ring (bicyclic) bond motifs is 1. The fourth-order valence-corrected chi connectivity index (χ4v) is 1.97. The van der Waals surface area contributed by atoms with Gasteiger partial charge in [0.25, 0.3) is 5.91 Å². The highest BCUT2D eigenvalue weighted by molar-refractivity contribution is 6.02. The zero-order chi connectivity index (χ0) is 14.8. The van der Waals surface area contributed by atoms with Crippen LogP contribution in [0.5, 0.6) is 17.4 Å². The molecule has 0 atom stereocenters. The molecule has 1 radical (unpaired) electrons. The van der Waals surface area contributed by atoms with Crippen LogP contribution in [0.4, 0.5) is 0 Å². The van der Waals surface area contributed by atoms with Crippen molar-refractivity contribution >= 4 is 16.7 Å². The minimum atomic E-state index is -1.07. The van der Waals surface area contributed by atoms with Gasteiger partial charge < -0.3 is 9.84 Å². The second kappa shape index (κ2) is 5.09. The van der Waals surface area contributed by atoms with Crippen LogP contribution in [0.3, 0.4) is 0 Å². The van der Waals surface area contributed by atoms with Gasteiger partial charge in [0, 0.05) is 17.0 Å². The summed E-state index contributed by atoms with van der Waals surface area (Å²) in [6.07, 6.45) is 3.11. The fourth-order valence-electron chi connectivity index (χ4n) is 1.97. The van der Waals surface area contributed by atoms with E-state index in [2.05, 4.69) is 9.97 Å². The number of amides is 1. The Morgan fingerprint density at radius 1 is 1.14 bits per heavy atom. The number of ether oxygens (including phenoxy) is 1. The fraction of sp³-hybridized carbons (Fsp3) is 0. The SMILES string of the molecule is [NH]C(=O)c1nc(Oc2cccnc2)c2ccccc2c1O. The summed E-state index contributed by atoms with van der Waals surface area (Å²) in [7, 11) is 0. The summed E-state index contributed by atoms with van der Waals surface area (Å²) in [5.41, 5.74) is 6.84. The molecule has 21 heavy (non-hydrogen) atoms. The minimum Gasteiger partial charge on any atom is -0.505 e. The van der Waals surface area contributed by atoms with Gasteiger partial charge in [0.1, 0.15) is 5.75 Å². The molecule has 1 amide bonds. The van der Waals surface area contributed by atoms with E-state index in [-0.39, 0.29) is 17.3 Å². The zero-order valence-corrected chi connectivity index (χ0v) is 10.8. The van der Waals surface area contributed by atoms with Crippen molar-refractivity contribution in [2.45, 2.75) is 0 Å². The first-order chi connectivity index (χ1) is 10.2. The maximum absolute atomic E-state index is 11.3. The van der Waals surface area contributed by atoms with Crippen LogP contribution < -0.4 is 10.5 Å². The van der Waals surface area contributed by atoms with Gasteiger partial charge in [0.05, 0.1) is 6.20 Å². The molecule has 3 aromatic rings. The van der Waals surface area contributed by atoms with Gasteiger partial charge in [-0.25, -0.2) is 4.98 Å². The first-order valence-corrected chi connectivity index (χ1v) is 6.12. The van der Waals surface area contributed by atoms with E-state index < -0.39 is 5.91 Å². The number of aromatic nitrogens is 2. The normalized spacial score (nSPS) is 10.5. The smallest absolute Gasteiger partial charge is 0.292 e. The van der Waals surface area contributed by atoms with Crippen molar-refractivity contribution in [3.63, 3.8) is 0 Å². The maximum atomic E-state index is 11.3. The minimum absolute atomic E-state index is 0.145. The third-order valence-corrected chi connectivity index (χ3v) is 2.91. The summed E-state index contributed by atoms with van der Waals surface area (Å²) in [6, 6.07) is 10.2. The van der Waals surface area contributed by atoms with E-state index in [9.17, 15) is 9.90 Å². The molecule has 0 saturated heterocycles. The number of aromatic hydroxyl groups is 1. The van der Waals surface area contributed by atoms with Crippen LogP contribution in [-0.4, -0.2) is 21.0 Å². The largest absolute Gasteiger partial charge is 0.505 e. The third kappa shape index (κ3) is 2.34. The number of hydrogen-bond donors (Lipinski definition) is 1. The van der Waals surface area contributed by atoms with E-state index in [0.717, 1.165) is 0 Å². The van der Waals surface area contributed by atoms with Crippen LogP contribution in [0.2, 0.25) is 0 Å². The topological polar surface area (TPSA) is 96.1 Å². The molecule has 3 rings (SSSR count). The second-order valence-corrected chi connectivity index (χ2v) is 4.28. The van der Waals surface area contributed by atoms with Crippen molar-refractivity contribution in [3.8, 4) is 17.4 Å². The summed E-state index contributed by atoms with van der Waals surface area (Å²) in [5, 5.41) is 11.0. The number of rotatable bonds is 3. The monoisotopic (exact) mass is 280 g/mol. The molecular weight excluding hydrogens is 270 g/mol. The molecule has 0 aliphatic rings. The third-order valence-electron chi connectivity index (χ3n) is 2.91. The van der Waals surface area contributed by atoms with E-state index in [1.807, 2.05) is 0 Å². The van der Waals surface area contributed by atoms with Crippen LogP contribution in [0.1, 0.15) is 10.5 Å². The van der Waals surface area contributed by atoms with Crippen LogP contribution in [0.15, 0.2) is 48.8 Å². The number of benzene rings is 1. The van der Waals surface area contributed by atoms with Crippen LogP contribution in [-0.2, 0) is 0 Å². The molecule has 0 unspecified atom stereocenters. The van der Waals surface area contributed by atoms with Gasteiger partial charge in [0.15, 0.2) is 11.4 Å². The van der Waals surface area contributed by atoms with Crippen molar-refractivity contribution in [1.82, 2.24) is 15.7 Å². The molecule has 0 bridgehead atoms. The number of nitrogens with one attached hydrogen (secondary N) is 1. The lowest BCUT2D eigenvalue weighted by Crippen LogP contribution is -2.05. The Kier molecular flexibility index (Phi) is 3.12. The molecular formula is C15H10N3O3. The van der Waals surface area contributed by atoms with E-state index in [0.29, 0.717) is 16.5 Å². The lowest BCUT2D eigenvalue weighted by atomic mass is 10.1. The average molecular weight is 280 g/mol. The highest BCUT2D eigenvalue weighted by Crippen LogP contribution is 2.35. The number of hydrogen-bond acceptors (Lipinski definition) is 5. The molecule has 2 heterocycles. The summed E-state index contributed by atoms with van der Waals surface area (Å²) in [5.74, 6) is -0.797. The molecule has 2 aromatic heterocycles. The van der Waals surface area contributed by atoms with Gasteiger partial charge in [-0.2, -0.15) is 0 Å². The number of carbonyl (C=O) groups excluding carboxylic acids is 1. The molecule has 2 N–H and O–H groups in total. The highest BCUT2D eigenvalue weighted by Gasteiger charge is 2.18. The standard InChI is InChI=1S/C15H10N3O3/c16-14(20)12-13(19)10-5-1-2-6-11(10)15(18-12)21-9-4-3-7-17-8-9/h1-8,16,19H. The second-order valence-electron chi connectivity index (χ2n) is 4.28. The van der Waals surface area contributed by atoms with Crippen LogP contribution in [0, 0.1) is 0 Å². The number of pyridine rings is 2. The average Bonchev–Trinajstić information content (AvgIpc) is 2.51. The van der Waals surface area contributed by atoms with Crippen molar-refractivity contribution in [2.24, 2.45) is 0 Å². The Labute approximate surface area is 119 Å². The molecule has 0 aliphatic heterocycles. The zero-order valence-electron chi connectivity index (χ0n) is 10.8. The molecule has 0 spiro atoms.